The molecule has 3 nitrogen and oxygen atoms in total. The molecule has 1 rings (SSSR count). The third kappa shape index (κ3) is 1.49. The number of rotatable bonds is 1. The van der Waals surface area contributed by atoms with Crippen molar-refractivity contribution < 1.29 is 4.79 Å². The predicted molar refractivity (Wildman–Crippen MR) is 45.4 cm³/mol. The number of hydrogen-bond acceptors (Lipinski definition) is 3. The molecule has 2 atom stereocenters. The number of piperidine rings is 1. The van der Waals surface area contributed by atoms with Gasteiger partial charge in [-0.25, -0.2) is 0 Å². The van der Waals surface area contributed by atoms with Crippen molar-refractivity contribution in [1.82, 2.24) is 4.90 Å². The third-order valence-corrected chi connectivity index (χ3v) is 2.52. The number of hydrogen-bond donors (Lipinski definition) is 0. The number of nitriles is 1. The Labute approximate surface area is 73.0 Å². The van der Waals surface area contributed by atoms with Crippen molar-refractivity contribution in [1.29, 1.82) is 5.26 Å². The van der Waals surface area contributed by atoms with E-state index in [0.717, 1.165) is 13.0 Å². The largest absolute Gasteiger partial charge is 0.297 e. The van der Waals surface area contributed by atoms with Crippen molar-refractivity contribution in [2.24, 2.45) is 5.92 Å². The zero-order chi connectivity index (χ0) is 9.14. The molecular weight excluding hydrogens is 152 g/mol. The molecule has 12 heavy (non-hydrogen) atoms. The molecule has 0 amide bonds. The summed E-state index contributed by atoms with van der Waals surface area (Å²) >= 11 is 0. The topological polar surface area (TPSA) is 44.1 Å². The van der Waals surface area contributed by atoms with Gasteiger partial charge in [0, 0.05) is 6.54 Å². The van der Waals surface area contributed by atoms with Crippen LogP contribution in [0.2, 0.25) is 0 Å². The minimum atomic E-state index is -0.355. The molecule has 0 spiro atoms. The molecule has 1 aliphatic heterocycles. The summed E-state index contributed by atoms with van der Waals surface area (Å²) in [5, 5.41) is 8.67. The van der Waals surface area contributed by atoms with E-state index in [1.807, 2.05) is 18.9 Å². The number of likely N-dealkylation sites (tertiary alicyclic amines) is 1. The van der Waals surface area contributed by atoms with Crippen LogP contribution in [0.5, 0.6) is 0 Å². The van der Waals surface area contributed by atoms with E-state index in [2.05, 4.69) is 6.07 Å². The highest BCUT2D eigenvalue weighted by Gasteiger charge is 2.33. The zero-order valence-corrected chi connectivity index (χ0v) is 7.58. The fraction of sp³-hybridized carbons (Fsp3) is 0.778. The molecule has 66 valence electrons. The van der Waals surface area contributed by atoms with Gasteiger partial charge in [0.2, 0.25) is 0 Å². The Balaban J connectivity index is 2.71. The van der Waals surface area contributed by atoms with Gasteiger partial charge in [0.25, 0.3) is 0 Å². The van der Waals surface area contributed by atoms with Crippen LogP contribution in [-0.2, 0) is 4.79 Å². The Morgan fingerprint density at radius 2 is 2.42 bits per heavy atom. The van der Waals surface area contributed by atoms with E-state index < -0.39 is 0 Å². The van der Waals surface area contributed by atoms with Crippen LogP contribution in [-0.4, -0.2) is 30.3 Å². The number of ketones is 1. The first kappa shape index (κ1) is 9.21. The first-order valence-corrected chi connectivity index (χ1v) is 4.34. The Hall–Kier alpha value is -0.880. The fourth-order valence-corrected chi connectivity index (χ4v) is 1.72. The summed E-state index contributed by atoms with van der Waals surface area (Å²) in [5.41, 5.74) is 0. The van der Waals surface area contributed by atoms with Gasteiger partial charge in [0.05, 0.1) is 12.1 Å². The van der Waals surface area contributed by atoms with E-state index in [0.29, 0.717) is 6.42 Å². The van der Waals surface area contributed by atoms with E-state index in [1.54, 1.807) is 0 Å². The molecule has 1 aliphatic rings. The van der Waals surface area contributed by atoms with Gasteiger partial charge >= 0.3 is 0 Å². The lowest BCUT2D eigenvalue weighted by atomic mass is 9.90. The van der Waals surface area contributed by atoms with Crippen LogP contribution in [0.3, 0.4) is 0 Å². The second kappa shape index (κ2) is 3.68. The number of Topliss-reactive ketones (excluding diaryl/α,β-unsaturated/α-hetero) is 1. The molecule has 2 unspecified atom stereocenters. The van der Waals surface area contributed by atoms with Crippen molar-refractivity contribution in [3.63, 3.8) is 0 Å². The first-order chi connectivity index (χ1) is 5.70. The van der Waals surface area contributed by atoms with Gasteiger partial charge in [-0.1, -0.05) is 6.92 Å². The predicted octanol–water partition coefficient (Wildman–Crippen LogP) is 0.809. The van der Waals surface area contributed by atoms with Crippen LogP contribution < -0.4 is 0 Å². The maximum Gasteiger partial charge on any atom is 0.167 e. The molecule has 0 radical (unpaired) electrons. The zero-order valence-electron chi connectivity index (χ0n) is 7.58. The van der Waals surface area contributed by atoms with Gasteiger partial charge in [-0.15, -0.1) is 0 Å². The highest BCUT2D eigenvalue weighted by Crippen LogP contribution is 2.19. The Kier molecular flexibility index (Phi) is 2.83. The number of likely N-dealkylation sites (N-methyl/N-ethyl adjacent to an activating group) is 1. The van der Waals surface area contributed by atoms with Crippen LogP contribution in [0.15, 0.2) is 0 Å². The normalized spacial score (nSPS) is 31.6. The molecule has 0 aromatic carbocycles. The van der Waals surface area contributed by atoms with E-state index >= 15 is 0 Å². The summed E-state index contributed by atoms with van der Waals surface area (Å²) in [5.74, 6) is -0.250. The van der Waals surface area contributed by atoms with Gasteiger partial charge in [-0.05, 0) is 19.9 Å². The highest BCUT2D eigenvalue weighted by molar-refractivity contribution is 5.88. The van der Waals surface area contributed by atoms with Crippen LogP contribution in [0.1, 0.15) is 19.8 Å². The number of carbonyl (C=O) groups excluding carboxylic acids is 1. The summed E-state index contributed by atoms with van der Waals surface area (Å²) in [6, 6.07) is 2.04. The maximum atomic E-state index is 11.5. The lowest BCUT2D eigenvalue weighted by molar-refractivity contribution is -0.129. The first-order valence-electron chi connectivity index (χ1n) is 4.34. The number of nitrogens with zero attached hydrogens (tertiary/aromatic N) is 2. The molecule has 1 saturated heterocycles. The molecule has 1 heterocycles. The molecule has 0 aromatic heterocycles. The van der Waals surface area contributed by atoms with Gasteiger partial charge in [-0.2, -0.15) is 5.26 Å². The monoisotopic (exact) mass is 166 g/mol. The van der Waals surface area contributed by atoms with Gasteiger partial charge in [0.1, 0.15) is 5.92 Å². The summed E-state index contributed by atoms with van der Waals surface area (Å²) < 4.78 is 0. The Bertz CT molecular complexity index is 219. The van der Waals surface area contributed by atoms with E-state index in [9.17, 15) is 4.79 Å². The summed E-state index contributed by atoms with van der Waals surface area (Å²) in [7, 11) is 1.94. The van der Waals surface area contributed by atoms with Crippen LogP contribution in [0.25, 0.3) is 0 Å². The maximum absolute atomic E-state index is 11.5. The lowest BCUT2D eigenvalue weighted by Gasteiger charge is -2.32. The number of carbonyl (C=O) groups is 1. The second-order valence-electron chi connectivity index (χ2n) is 3.28. The van der Waals surface area contributed by atoms with E-state index in [1.165, 1.54) is 0 Å². The summed E-state index contributed by atoms with van der Waals surface area (Å²) in [4.78, 5) is 13.6. The van der Waals surface area contributed by atoms with Crippen LogP contribution >= 0.6 is 0 Å². The van der Waals surface area contributed by atoms with Gasteiger partial charge in [0.15, 0.2) is 5.78 Å². The molecule has 0 aromatic rings. The standard InChI is InChI=1S/C9H14N2O/c1-3-8-9(12)7(6-10)4-5-11(8)2/h7-8H,3-5H2,1-2H3. The summed E-state index contributed by atoms with van der Waals surface area (Å²) in [6.45, 7) is 2.85. The Morgan fingerprint density at radius 1 is 1.75 bits per heavy atom. The fourth-order valence-electron chi connectivity index (χ4n) is 1.72. The minimum absolute atomic E-state index is 0.0246. The van der Waals surface area contributed by atoms with E-state index in [4.69, 9.17) is 5.26 Å². The SMILES string of the molecule is CCC1C(=O)C(C#N)CCN1C. The second-order valence-corrected chi connectivity index (χ2v) is 3.28. The van der Waals surface area contributed by atoms with Gasteiger partial charge < -0.3 is 0 Å². The highest BCUT2D eigenvalue weighted by atomic mass is 16.1. The molecule has 1 fully saturated rings. The average molecular weight is 166 g/mol. The van der Waals surface area contributed by atoms with E-state index in [-0.39, 0.29) is 17.7 Å². The average Bonchev–Trinajstić information content (AvgIpc) is 2.06. The molecule has 0 bridgehead atoms. The summed E-state index contributed by atoms with van der Waals surface area (Å²) in [6.07, 6.45) is 1.51. The van der Waals surface area contributed by atoms with Crippen molar-refractivity contribution in [3.8, 4) is 6.07 Å². The van der Waals surface area contributed by atoms with Crippen molar-refractivity contribution in [2.75, 3.05) is 13.6 Å². The van der Waals surface area contributed by atoms with Crippen molar-refractivity contribution >= 4 is 5.78 Å². The lowest BCUT2D eigenvalue weighted by Crippen LogP contribution is -2.46. The van der Waals surface area contributed by atoms with Gasteiger partial charge in [-0.3, -0.25) is 9.69 Å². The molecule has 0 N–H and O–H groups in total. The third-order valence-electron chi connectivity index (χ3n) is 2.52. The smallest absolute Gasteiger partial charge is 0.167 e. The molecular formula is C9H14N2O. The van der Waals surface area contributed by atoms with Crippen molar-refractivity contribution in [2.45, 2.75) is 25.8 Å². The minimum Gasteiger partial charge on any atom is -0.297 e. The van der Waals surface area contributed by atoms with Crippen LogP contribution in [0.4, 0.5) is 0 Å². The quantitative estimate of drug-likeness (QED) is 0.579. The molecule has 3 heteroatoms. The Morgan fingerprint density at radius 3 is 2.92 bits per heavy atom. The molecule has 0 saturated carbocycles. The molecule has 0 aliphatic carbocycles. The van der Waals surface area contributed by atoms with Crippen molar-refractivity contribution in [3.05, 3.63) is 0 Å². The van der Waals surface area contributed by atoms with Crippen LogP contribution in [0, 0.1) is 17.2 Å².